The van der Waals surface area contributed by atoms with E-state index < -0.39 is 6.03 Å². The highest BCUT2D eigenvalue weighted by Gasteiger charge is 2.11. The van der Waals surface area contributed by atoms with Crippen molar-refractivity contribution in [2.75, 3.05) is 28.3 Å². The van der Waals surface area contributed by atoms with Gasteiger partial charge in [-0.2, -0.15) is 0 Å². The average Bonchev–Trinajstić information content (AvgIpc) is 3.49. The Kier molecular flexibility index (Phi) is 9.34. The van der Waals surface area contributed by atoms with Crippen LogP contribution in [0.5, 0.6) is 0 Å². The number of rotatable bonds is 5. The van der Waals surface area contributed by atoms with E-state index in [-0.39, 0.29) is 14.2 Å². The van der Waals surface area contributed by atoms with Crippen molar-refractivity contribution in [2.45, 2.75) is 6.92 Å². The fourth-order valence-corrected chi connectivity index (χ4v) is 3.83. The number of nitrogens with zero attached hydrogens (tertiary/aromatic N) is 3. The lowest BCUT2D eigenvalue weighted by Gasteiger charge is -2.15. The molecule has 0 saturated carbocycles. The molecule has 0 radical (unpaired) electrons. The van der Waals surface area contributed by atoms with Crippen LogP contribution in [0.3, 0.4) is 0 Å². The number of carbonyl (C=O) groups excluding carboxylic acids is 2. The molecule has 0 aliphatic rings. The van der Waals surface area contributed by atoms with Gasteiger partial charge in [-0.3, -0.25) is 4.79 Å². The molecule has 40 heavy (non-hydrogen) atoms. The number of furan rings is 1. The standard InChI is InChI=1S/C28H24N6O3.C2H4.H2O.2H2/c1-17(35)34(2)22-12-10-21(11-13-22)31-28(36)30-20-8-5-18(6-9-20)27-32-24-16-19(25-4-3-15-37-25)7-14-23(24)26(29)33-27;1-2;;;/h3-16H,1-2H3,(H2,29,32,33)(H2,30,31,36);1-2H2;1H2;2*1H. The number of nitrogens with two attached hydrogens (primary N) is 1. The normalized spacial score (nSPS) is 10.1. The zero-order valence-electron chi connectivity index (χ0n) is 22.1. The Morgan fingerprint density at radius 3 is 2.08 bits per heavy atom. The summed E-state index contributed by atoms with van der Waals surface area (Å²) in [5.41, 5.74) is 10.5. The average molecular weight is 543 g/mol. The second-order valence-electron chi connectivity index (χ2n) is 8.42. The predicted octanol–water partition coefficient (Wildman–Crippen LogP) is 6.24. The minimum absolute atomic E-state index is 0. The van der Waals surface area contributed by atoms with Crippen molar-refractivity contribution < 1.29 is 22.3 Å². The van der Waals surface area contributed by atoms with Crippen LogP contribution < -0.4 is 21.3 Å². The van der Waals surface area contributed by atoms with Crippen LogP contribution in [0.2, 0.25) is 0 Å². The molecule has 0 unspecified atom stereocenters. The Hall–Kier alpha value is -5.48. The van der Waals surface area contributed by atoms with Crippen molar-refractivity contribution in [3.8, 4) is 22.7 Å². The molecule has 0 spiro atoms. The van der Waals surface area contributed by atoms with Crippen molar-refractivity contribution >= 4 is 45.7 Å². The summed E-state index contributed by atoms with van der Waals surface area (Å²) in [7, 11) is 1.69. The maximum absolute atomic E-state index is 12.4. The molecular formula is C30H34N6O4. The quantitative estimate of drug-likeness (QED) is 0.223. The first-order chi connectivity index (χ1) is 18.9. The SMILES string of the molecule is C=C.CC(=O)N(C)c1ccc(NC(=O)Nc2ccc(-c3nc(N)c4ccc(-c5ccco5)cc4n3)cc2)cc1.O.[HH].[HH]. The van der Waals surface area contributed by atoms with Gasteiger partial charge in [-0.1, -0.05) is 6.07 Å². The first-order valence-corrected chi connectivity index (χ1v) is 12.0. The Morgan fingerprint density at radius 1 is 0.900 bits per heavy atom. The second-order valence-corrected chi connectivity index (χ2v) is 8.42. The van der Waals surface area contributed by atoms with Gasteiger partial charge in [-0.15, -0.1) is 13.2 Å². The fourth-order valence-electron chi connectivity index (χ4n) is 3.83. The van der Waals surface area contributed by atoms with E-state index in [0.29, 0.717) is 28.5 Å². The summed E-state index contributed by atoms with van der Waals surface area (Å²) in [5, 5.41) is 6.33. The lowest BCUT2D eigenvalue weighted by atomic mass is 10.1. The van der Waals surface area contributed by atoms with Crippen LogP contribution in [-0.2, 0) is 4.79 Å². The molecular weight excluding hydrogens is 508 g/mol. The topological polar surface area (TPSA) is 158 Å². The molecule has 10 heteroatoms. The van der Waals surface area contributed by atoms with Crippen molar-refractivity contribution in [3.05, 3.63) is 98.3 Å². The van der Waals surface area contributed by atoms with Crippen molar-refractivity contribution in [1.29, 1.82) is 0 Å². The van der Waals surface area contributed by atoms with Crippen LogP contribution in [-0.4, -0.2) is 34.4 Å². The van der Waals surface area contributed by atoms with E-state index in [4.69, 9.17) is 15.1 Å². The van der Waals surface area contributed by atoms with Crippen molar-refractivity contribution in [1.82, 2.24) is 9.97 Å². The summed E-state index contributed by atoms with van der Waals surface area (Å²) in [6.07, 6.45) is 1.63. The van der Waals surface area contributed by atoms with E-state index in [1.165, 1.54) is 11.8 Å². The number of nitrogen functional groups attached to an aromatic ring is 1. The van der Waals surface area contributed by atoms with Gasteiger partial charge in [-0.25, -0.2) is 14.8 Å². The number of nitrogens with one attached hydrogen (secondary N) is 2. The molecule has 0 bridgehead atoms. The molecule has 3 amide bonds. The fraction of sp³-hybridized carbons (Fsp3) is 0.0667. The van der Waals surface area contributed by atoms with Crippen LogP contribution >= 0.6 is 0 Å². The Morgan fingerprint density at radius 2 is 1.50 bits per heavy atom. The van der Waals surface area contributed by atoms with E-state index in [2.05, 4.69) is 28.8 Å². The van der Waals surface area contributed by atoms with E-state index in [9.17, 15) is 9.59 Å². The smallest absolute Gasteiger partial charge is 0.323 e. The Balaban J connectivity index is 0.00000173. The maximum atomic E-state index is 12.4. The van der Waals surface area contributed by atoms with Gasteiger partial charge in [-0.05, 0) is 72.8 Å². The largest absolute Gasteiger partial charge is 0.464 e. The molecule has 6 N–H and O–H groups in total. The van der Waals surface area contributed by atoms with Crippen LogP contribution in [0.15, 0.2) is 103 Å². The third-order valence-electron chi connectivity index (χ3n) is 5.92. The van der Waals surface area contributed by atoms with Gasteiger partial charge in [0.25, 0.3) is 0 Å². The summed E-state index contributed by atoms with van der Waals surface area (Å²) in [6.45, 7) is 7.49. The van der Waals surface area contributed by atoms with Crippen LogP contribution in [0.4, 0.5) is 27.7 Å². The zero-order chi connectivity index (χ0) is 27.9. The van der Waals surface area contributed by atoms with E-state index in [1.807, 2.05) is 42.5 Å². The van der Waals surface area contributed by atoms with Crippen LogP contribution in [0.1, 0.15) is 9.78 Å². The molecule has 0 fully saturated rings. The van der Waals surface area contributed by atoms with E-state index in [1.54, 1.807) is 49.7 Å². The van der Waals surface area contributed by atoms with Gasteiger partial charge in [0.15, 0.2) is 5.82 Å². The van der Waals surface area contributed by atoms with E-state index >= 15 is 0 Å². The molecule has 0 saturated heterocycles. The van der Waals surface area contributed by atoms with Gasteiger partial charge in [0.2, 0.25) is 5.91 Å². The first-order valence-electron chi connectivity index (χ1n) is 12.0. The summed E-state index contributed by atoms with van der Waals surface area (Å²) in [6, 6.07) is 23.2. The lowest BCUT2D eigenvalue weighted by molar-refractivity contribution is -0.116. The Labute approximate surface area is 234 Å². The number of urea groups is 1. The number of hydrogen-bond acceptors (Lipinski definition) is 6. The number of fused-ring (bicyclic) bond motifs is 1. The highest BCUT2D eigenvalue weighted by molar-refractivity contribution is 6.00. The number of anilines is 4. The van der Waals surface area contributed by atoms with Crippen LogP contribution in [0.25, 0.3) is 33.6 Å². The highest BCUT2D eigenvalue weighted by Crippen LogP contribution is 2.28. The van der Waals surface area contributed by atoms with Gasteiger partial charge in [0.1, 0.15) is 11.6 Å². The third kappa shape index (κ3) is 6.50. The number of benzene rings is 3. The summed E-state index contributed by atoms with van der Waals surface area (Å²) in [5.74, 6) is 1.53. The number of aromatic nitrogens is 2. The minimum atomic E-state index is -0.392. The summed E-state index contributed by atoms with van der Waals surface area (Å²) in [4.78, 5) is 34.6. The highest BCUT2D eigenvalue weighted by atomic mass is 16.3. The van der Waals surface area contributed by atoms with Gasteiger partial charge in [0, 0.05) is 50.4 Å². The van der Waals surface area contributed by atoms with Gasteiger partial charge < -0.3 is 31.2 Å². The molecule has 5 rings (SSSR count). The van der Waals surface area contributed by atoms with E-state index in [0.717, 1.165) is 28.0 Å². The van der Waals surface area contributed by atoms with Gasteiger partial charge >= 0.3 is 6.03 Å². The Bertz CT molecular complexity index is 1610. The lowest BCUT2D eigenvalue weighted by Crippen LogP contribution is -2.23. The molecule has 0 aliphatic carbocycles. The number of carbonyl (C=O) groups is 2. The molecule has 0 atom stereocenters. The summed E-state index contributed by atoms with van der Waals surface area (Å²) >= 11 is 0. The molecule has 3 aromatic carbocycles. The second kappa shape index (κ2) is 12.9. The van der Waals surface area contributed by atoms with Crippen LogP contribution in [0, 0.1) is 0 Å². The molecule has 0 aliphatic heterocycles. The molecule has 5 aromatic rings. The molecule has 2 heterocycles. The van der Waals surface area contributed by atoms with Crippen molar-refractivity contribution in [3.63, 3.8) is 0 Å². The zero-order valence-corrected chi connectivity index (χ0v) is 22.1. The predicted molar refractivity (Wildman–Crippen MR) is 164 cm³/mol. The third-order valence-corrected chi connectivity index (χ3v) is 5.92. The monoisotopic (exact) mass is 542 g/mol. The molecule has 2 aromatic heterocycles. The van der Waals surface area contributed by atoms with Gasteiger partial charge in [0.05, 0.1) is 11.8 Å². The molecule has 208 valence electrons. The summed E-state index contributed by atoms with van der Waals surface area (Å²) < 4.78 is 5.49. The minimum Gasteiger partial charge on any atom is -0.464 e. The van der Waals surface area contributed by atoms with Crippen molar-refractivity contribution in [2.24, 2.45) is 0 Å². The number of amides is 3. The molecule has 10 nitrogen and oxygen atoms in total. The maximum Gasteiger partial charge on any atom is 0.323 e. The first kappa shape index (κ1) is 29.1. The number of hydrogen-bond donors (Lipinski definition) is 3.